The van der Waals surface area contributed by atoms with Crippen LogP contribution in [0, 0.1) is 27.7 Å². The van der Waals surface area contributed by atoms with Crippen LogP contribution in [0.4, 0.5) is 0 Å². The van der Waals surface area contributed by atoms with Crippen LogP contribution in [0.2, 0.25) is 0 Å². The number of aliphatic hydroxyl groups is 1. The predicted molar refractivity (Wildman–Crippen MR) is 79.4 cm³/mol. The Morgan fingerprint density at radius 1 is 1.20 bits per heavy atom. The molecule has 112 valence electrons. The third kappa shape index (κ3) is 2.38. The van der Waals surface area contributed by atoms with Gasteiger partial charge in [-0.25, -0.2) is 8.42 Å². The minimum atomic E-state index is -3.53. The fraction of sp³-hybridized carbons (Fsp3) is 0.600. The van der Waals surface area contributed by atoms with Gasteiger partial charge in [0, 0.05) is 12.6 Å². The van der Waals surface area contributed by atoms with Crippen molar-refractivity contribution >= 4 is 10.0 Å². The van der Waals surface area contributed by atoms with Crippen molar-refractivity contribution in [1.29, 1.82) is 0 Å². The average molecular weight is 297 g/mol. The van der Waals surface area contributed by atoms with Gasteiger partial charge in [0.25, 0.3) is 0 Å². The van der Waals surface area contributed by atoms with E-state index in [1.54, 1.807) is 0 Å². The predicted octanol–water partition coefficient (Wildman–Crippen LogP) is 2.07. The molecule has 1 atom stereocenters. The van der Waals surface area contributed by atoms with Gasteiger partial charge in [-0.3, -0.25) is 0 Å². The van der Waals surface area contributed by atoms with Crippen LogP contribution < -0.4 is 0 Å². The van der Waals surface area contributed by atoms with E-state index in [0.29, 0.717) is 11.4 Å². The van der Waals surface area contributed by atoms with Crippen LogP contribution in [-0.4, -0.2) is 37.0 Å². The fourth-order valence-electron chi connectivity index (χ4n) is 2.99. The topological polar surface area (TPSA) is 57.6 Å². The lowest BCUT2D eigenvalue weighted by Crippen LogP contribution is -2.38. The molecule has 1 fully saturated rings. The molecule has 0 amide bonds. The maximum atomic E-state index is 13.0. The molecule has 0 spiro atoms. The standard InChI is InChI=1S/C15H23NO3S/c1-10-8-11(2)13(4)15(12(10)3)20(18,19)16-7-5-6-14(16)9-17/h8,14,17H,5-7,9H2,1-4H3/t14-/m0/s1. The number of nitrogens with zero attached hydrogens (tertiary/aromatic N) is 1. The largest absolute Gasteiger partial charge is 0.395 e. The summed E-state index contributed by atoms with van der Waals surface area (Å²) in [5.74, 6) is 0. The Kier molecular flexibility index (Phi) is 4.23. The number of hydrogen-bond donors (Lipinski definition) is 1. The molecule has 20 heavy (non-hydrogen) atoms. The molecule has 0 unspecified atom stereocenters. The van der Waals surface area contributed by atoms with Crippen molar-refractivity contribution in [2.45, 2.75) is 51.5 Å². The van der Waals surface area contributed by atoms with Crippen molar-refractivity contribution in [1.82, 2.24) is 4.31 Å². The highest BCUT2D eigenvalue weighted by molar-refractivity contribution is 7.89. The highest BCUT2D eigenvalue weighted by Crippen LogP contribution is 2.32. The van der Waals surface area contributed by atoms with Crippen LogP contribution in [-0.2, 0) is 10.0 Å². The quantitative estimate of drug-likeness (QED) is 0.929. The maximum absolute atomic E-state index is 13.0. The highest BCUT2D eigenvalue weighted by Gasteiger charge is 2.36. The zero-order chi connectivity index (χ0) is 15.1. The molecular weight excluding hydrogens is 274 g/mol. The fourth-order valence-corrected chi connectivity index (χ4v) is 5.26. The van der Waals surface area contributed by atoms with E-state index >= 15 is 0 Å². The van der Waals surface area contributed by atoms with Crippen LogP contribution in [0.1, 0.15) is 35.1 Å². The first kappa shape index (κ1) is 15.5. The number of benzene rings is 1. The van der Waals surface area contributed by atoms with Crippen molar-refractivity contribution in [3.05, 3.63) is 28.3 Å². The van der Waals surface area contributed by atoms with E-state index in [0.717, 1.165) is 35.1 Å². The van der Waals surface area contributed by atoms with E-state index in [4.69, 9.17) is 0 Å². The Morgan fingerprint density at radius 2 is 1.75 bits per heavy atom. The summed E-state index contributed by atoms with van der Waals surface area (Å²) < 4.78 is 27.4. The second-order valence-electron chi connectivity index (χ2n) is 5.68. The van der Waals surface area contributed by atoms with E-state index in [9.17, 15) is 13.5 Å². The van der Waals surface area contributed by atoms with E-state index in [2.05, 4.69) is 0 Å². The third-order valence-electron chi connectivity index (χ3n) is 4.40. The van der Waals surface area contributed by atoms with Crippen molar-refractivity contribution < 1.29 is 13.5 Å². The number of sulfonamides is 1. The number of hydrogen-bond acceptors (Lipinski definition) is 3. The molecule has 0 bridgehead atoms. The van der Waals surface area contributed by atoms with Gasteiger partial charge in [-0.05, 0) is 62.8 Å². The summed E-state index contributed by atoms with van der Waals surface area (Å²) in [6.07, 6.45) is 1.55. The molecule has 2 rings (SSSR count). The first-order valence-corrected chi connectivity index (χ1v) is 8.44. The minimum Gasteiger partial charge on any atom is -0.395 e. The molecule has 0 saturated carbocycles. The van der Waals surface area contributed by atoms with Crippen molar-refractivity contribution in [3.8, 4) is 0 Å². The molecule has 1 heterocycles. The summed E-state index contributed by atoms with van der Waals surface area (Å²) in [7, 11) is -3.53. The number of aryl methyl sites for hydroxylation is 2. The van der Waals surface area contributed by atoms with Crippen LogP contribution in [0.15, 0.2) is 11.0 Å². The zero-order valence-corrected chi connectivity index (χ0v) is 13.4. The smallest absolute Gasteiger partial charge is 0.243 e. The number of rotatable bonds is 3. The molecule has 4 nitrogen and oxygen atoms in total. The molecule has 1 N–H and O–H groups in total. The van der Waals surface area contributed by atoms with E-state index in [1.807, 2.05) is 33.8 Å². The minimum absolute atomic E-state index is 0.109. The Hall–Kier alpha value is -0.910. The molecule has 0 aromatic heterocycles. The maximum Gasteiger partial charge on any atom is 0.243 e. The molecule has 1 aromatic rings. The van der Waals surface area contributed by atoms with Crippen molar-refractivity contribution in [2.24, 2.45) is 0 Å². The molecule has 1 aliphatic heterocycles. The SMILES string of the molecule is Cc1cc(C)c(C)c(S(=O)(=O)N2CCC[C@H]2CO)c1C. The van der Waals surface area contributed by atoms with Gasteiger partial charge < -0.3 is 5.11 Å². The lowest BCUT2D eigenvalue weighted by atomic mass is 10.0. The first-order chi connectivity index (χ1) is 9.30. The summed E-state index contributed by atoms with van der Waals surface area (Å²) in [5, 5.41) is 9.39. The van der Waals surface area contributed by atoms with Gasteiger partial charge in [0.15, 0.2) is 0 Å². The average Bonchev–Trinajstić information content (AvgIpc) is 2.85. The summed E-state index contributed by atoms with van der Waals surface area (Å²) >= 11 is 0. The molecule has 1 saturated heterocycles. The first-order valence-electron chi connectivity index (χ1n) is 7.00. The molecular formula is C15H23NO3S. The van der Waals surface area contributed by atoms with E-state index in [-0.39, 0.29) is 12.6 Å². The zero-order valence-electron chi connectivity index (χ0n) is 12.6. The Balaban J connectivity index is 2.61. The molecule has 5 heteroatoms. The third-order valence-corrected chi connectivity index (χ3v) is 6.62. The van der Waals surface area contributed by atoms with E-state index < -0.39 is 10.0 Å². The second kappa shape index (κ2) is 5.47. The van der Waals surface area contributed by atoms with Gasteiger partial charge in [-0.15, -0.1) is 0 Å². The van der Waals surface area contributed by atoms with E-state index in [1.165, 1.54) is 4.31 Å². The van der Waals surface area contributed by atoms with Crippen LogP contribution >= 0.6 is 0 Å². The summed E-state index contributed by atoms with van der Waals surface area (Å²) in [6, 6.07) is 1.75. The Bertz CT molecular complexity index is 596. The van der Waals surface area contributed by atoms with Gasteiger partial charge in [0.1, 0.15) is 0 Å². The van der Waals surface area contributed by atoms with Gasteiger partial charge in [-0.2, -0.15) is 4.31 Å². The van der Waals surface area contributed by atoms with Gasteiger partial charge in [-0.1, -0.05) is 6.07 Å². The number of aliphatic hydroxyl groups excluding tert-OH is 1. The van der Waals surface area contributed by atoms with Gasteiger partial charge in [0.2, 0.25) is 10.0 Å². The Morgan fingerprint density at radius 3 is 2.25 bits per heavy atom. The van der Waals surface area contributed by atoms with Crippen LogP contribution in [0.3, 0.4) is 0 Å². The lowest BCUT2D eigenvalue weighted by molar-refractivity contribution is 0.213. The molecule has 1 aliphatic rings. The van der Waals surface area contributed by atoms with Crippen molar-refractivity contribution in [2.75, 3.05) is 13.2 Å². The van der Waals surface area contributed by atoms with Crippen LogP contribution in [0.25, 0.3) is 0 Å². The van der Waals surface area contributed by atoms with Crippen molar-refractivity contribution in [3.63, 3.8) is 0 Å². The van der Waals surface area contributed by atoms with Gasteiger partial charge >= 0.3 is 0 Å². The Labute approximate surface area is 121 Å². The molecule has 1 aromatic carbocycles. The molecule has 0 aliphatic carbocycles. The summed E-state index contributed by atoms with van der Waals surface area (Å²) in [6.45, 7) is 7.99. The highest BCUT2D eigenvalue weighted by atomic mass is 32.2. The lowest BCUT2D eigenvalue weighted by Gasteiger charge is -2.25. The summed E-state index contributed by atoms with van der Waals surface area (Å²) in [4.78, 5) is 0.426. The van der Waals surface area contributed by atoms with Gasteiger partial charge in [0.05, 0.1) is 11.5 Å². The van der Waals surface area contributed by atoms with Crippen LogP contribution in [0.5, 0.6) is 0 Å². The summed E-state index contributed by atoms with van der Waals surface area (Å²) in [5.41, 5.74) is 3.62. The normalized spacial score (nSPS) is 20.6. The second-order valence-corrected chi connectivity index (χ2v) is 7.51. The molecule has 0 radical (unpaired) electrons. The monoisotopic (exact) mass is 297 g/mol.